The highest BCUT2D eigenvalue weighted by molar-refractivity contribution is 7.12. The Morgan fingerprint density at radius 1 is 1.24 bits per heavy atom. The minimum Gasteiger partial charge on any atom is -0.484 e. The number of benzene rings is 1. The summed E-state index contributed by atoms with van der Waals surface area (Å²) in [6.07, 6.45) is 4.07. The van der Waals surface area contributed by atoms with Crippen LogP contribution in [0.25, 0.3) is 0 Å². The Kier molecular flexibility index (Phi) is 5.76. The highest BCUT2D eigenvalue weighted by atomic mass is 32.1. The zero-order valence-corrected chi connectivity index (χ0v) is 15.3. The first kappa shape index (κ1) is 18.0. The van der Waals surface area contributed by atoms with E-state index in [4.69, 9.17) is 4.74 Å². The van der Waals surface area contributed by atoms with E-state index in [1.807, 2.05) is 36.4 Å². The number of ether oxygens (including phenoxy) is 1. The Morgan fingerprint density at radius 2 is 1.96 bits per heavy atom. The molecule has 1 aliphatic rings. The van der Waals surface area contributed by atoms with Gasteiger partial charge in [-0.3, -0.25) is 4.79 Å². The molecule has 0 saturated heterocycles. The molecule has 1 atom stereocenters. The number of thiophene rings is 1. The number of para-hydroxylation sites is 1. The second kappa shape index (κ2) is 8.02. The van der Waals surface area contributed by atoms with Crippen molar-refractivity contribution < 1.29 is 14.6 Å². The lowest BCUT2D eigenvalue weighted by atomic mass is 9.84. The highest BCUT2D eigenvalue weighted by Gasteiger charge is 2.37. The molecule has 1 aromatic carbocycles. The van der Waals surface area contributed by atoms with Crippen LogP contribution in [0, 0.1) is 0 Å². The lowest BCUT2D eigenvalue weighted by Crippen LogP contribution is -2.40. The summed E-state index contributed by atoms with van der Waals surface area (Å²) in [7, 11) is 0. The summed E-state index contributed by atoms with van der Waals surface area (Å²) in [5.41, 5.74) is 0.000212. The first-order valence-electron chi connectivity index (χ1n) is 8.82. The fraction of sp³-hybridized carbons (Fsp3) is 0.450. The Balaban J connectivity index is 1.59. The van der Waals surface area contributed by atoms with Crippen LogP contribution in [0.5, 0.6) is 5.75 Å². The summed E-state index contributed by atoms with van der Waals surface area (Å²) in [5.74, 6) is 0.607. The zero-order chi connectivity index (χ0) is 17.7. The predicted octanol–water partition coefficient (Wildman–Crippen LogP) is 3.81. The fourth-order valence-corrected chi connectivity index (χ4v) is 4.60. The second-order valence-electron chi connectivity index (χ2n) is 6.74. The van der Waals surface area contributed by atoms with E-state index in [-0.39, 0.29) is 17.9 Å². The second-order valence-corrected chi connectivity index (χ2v) is 7.86. The van der Waals surface area contributed by atoms with Gasteiger partial charge in [0.25, 0.3) is 5.91 Å². The number of aliphatic hydroxyl groups excluding tert-OH is 1. The number of rotatable bonds is 7. The van der Waals surface area contributed by atoms with Crippen LogP contribution >= 0.6 is 11.3 Å². The third-order valence-corrected chi connectivity index (χ3v) is 6.36. The Hall–Kier alpha value is -1.85. The molecule has 1 aromatic heterocycles. The topological polar surface area (TPSA) is 58.6 Å². The minimum absolute atomic E-state index is 0.000212. The van der Waals surface area contributed by atoms with Gasteiger partial charge in [0, 0.05) is 21.7 Å². The van der Waals surface area contributed by atoms with Crippen LogP contribution in [-0.4, -0.2) is 24.2 Å². The molecule has 2 N–H and O–H groups in total. The summed E-state index contributed by atoms with van der Waals surface area (Å²) in [6, 6.07) is 13.5. The van der Waals surface area contributed by atoms with Gasteiger partial charge in [0.15, 0.2) is 6.61 Å². The first-order chi connectivity index (χ1) is 12.1. The molecule has 0 radical (unpaired) electrons. The molecule has 1 amide bonds. The van der Waals surface area contributed by atoms with Crippen LogP contribution in [0.1, 0.15) is 48.5 Å². The van der Waals surface area contributed by atoms with Crippen LogP contribution < -0.4 is 10.1 Å². The van der Waals surface area contributed by atoms with Crippen LogP contribution in [0.3, 0.4) is 0 Å². The lowest BCUT2D eigenvalue weighted by molar-refractivity contribution is -0.123. The monoisotopic (exact) mass is 359 g/mol. The Labute approximate surface area is 152 Å². The largest absolute Gasteiger partial charge is 0.484 e. The van der Waals surface area contributed by atoms with E-state index in [2.05, 4.69) is 11.4 Å². The molecule has 25 heavy (non-hydrogen) atoms. The molecule has 5 heteroatoms. The quantitative estimate of drug-likeness (QED) is 0.790. The highest BCUT2D eigenvalue weighted by Crippen LogP contribution is 2.44. The predicted molar refractivity (Wildman–Crippen MR) is 100 cm³/mol. The van der Waals surface area contributed by atoms with Gasteiger partial charge in [0.2, 0.25) is 0 Å². The van der Waals surface area contributed by atoms with Crippen LogP contribution in [0.15, 0.2) is 42.5 Å². The SMILES string of the molecule is CC(O)c1ccc(C2(CNC(=O)COc3ccccc3)CCCC2)s1. The molecule has 1 unspecified atom stereocenters. The number of nitrogens with one attached hydrogen (secondary N) is 1. The molecule has 1 heterocycles. The third-order valence-electron chi connectivity index (χ3n) is 4.86. The molecule has 1 aliphatic carbocycles. The first-order valence-corrected chi connectivity index (χ1v) is 9.64. The maximum absolute atomic E-state index is 12.2. The van der Waals surface area contributed by atoms with Gasteiger partial charge in [0.1, 0.15) is 5.75 Å². The molecule has 0 spiro atoms. The van der Waals surface area contributed by atoms with E-state index < -0.39 is 6.10 Å². The molecule has 1 fully saturated rings. The number of carbonyl (C=O) groups is 1. The van der Waals surface area contributed by atoms with Gasteiger partial charge in [-0.2, -0.15) is 0 Å². The van der Waals surface area contributed by atoms with E-state index >= 15 is 0 Å². The lowest BCUT2D eigenvalue weighted by Gasteiger charge is -2.28. The molecule has 1 saturated carbocycles. The third kappa shape index (κ3) is 4.41. The average Bonchev–Trinajstić information content (AvgIpc) is 3.29. The number of aliphatic hydroxyl groups is 1. The van der Waals surface area contributed by atoms with E-state index in [1.165, 1.54) is 17.7 Å². The standard InChI is InChI=1S/C20H25NO3S/c1-15(22)17-9-10-18(25-17)20(11-5-6-12-20)14-21-19(23)13-24-16-7-3-2-4-8-16/h2-4,7-10,15,22H,5-6,11-14H2,1H3,(H,21,23). The van der Waals surface area contributed by atoms with E-state index in [0.29, 0.717) is 12.3 Å². The number of carbonyl (C=O) groups excluding carboxylic acids is 1. The normalized spacial score (nSPS) is 17.2. The van der Waals surface area contributed by atoms with E-state index in [0.717, 1.165) is 17.7 Å². The maximum atomic E-state index is 12.2. The average molecular weight is 359 g/mol. The molecular formula is C20H25NO3S. The van der Waals surface area contributed by atoms with Crippen molar-refractivity contribution in [2.75, 3.05) is 13.2 Å². The number of amides is 1. The smallest absolute Gasteiger partial charge is 0.257 e. The van der Waals surface area contributed by atoms with Gasteiger partial charge in [-0.1, -0.05) is 31.0 Å². The van der Waals surface area contributed by atoms with Gasteiger partial charge in [-0.05, 0) is 44.0 Å². The molecule has 3 rings (SSSR count). The zero-order valence-electron chi connectivity index (χ0n) is 14.5. The summed E-state index contributed by atoms with van der Waals surface area (Å²) in [4.78, 5) is 14.4. The van der Waals surface area contributed by atoms with Gasteiger partial charge >= 0.3 is 0 Å². The van der Waals surface area contributed by atoms with Crippen molar-refractivity contribution in [3.8, 4) is 5.75 Å². The molecule has 0 aliphatic heterocycles. The molecular weight excluding hydrogens is 334 g/mol. The Bertz CT molecular complexity index is 690. The molecule has 4 nitrogen and oxygen atoms in total. The van der Waals surface area contributed by atoms with Gasteiger partial charge < -0.3 is 15.2 Å². The van der Waals surface area contributed by atoms with Crippen molar-refractivity contribution >= 4 is 17.2 Å². The number of hydrogen-bond donors (Lipinski definition) is 2. The van der Waals surface area contributed by atoms with Gasteiger partial charge in [-0.25, -0.2) is 0 Å². The van der Waals surface area contributed by atoms with Crippen molar-refractivity contribution in [1.29, 1.82) is 0 Å². The van der Waals surface area contributed by atoms with Crippen molar-refractivity contribution in [2.24, 2.45) is 0 Å². The van der Waals surface area contributed by atoms with E-state index in [9.17, 15) is 9.90 Å². The number of hydrogen-bond acceptors (Lipinski definition) is 4. The van der Waals surface area contributed by atoms with Crippen LogP contribution in [0.4, 0.5) is 0 Å². The summed E-state index contributed by atoms with van der Waals surface area (Å²) in [5, 5.41) is 12.8. The van der Waals surface area contributed by atoms with Gasteiger partial charge in [-0.15, -0.1) is 11.3 Å². The summed E-state index contributed by atoms with van der Waals surface area (Å²) >= 11 is 1.67. The van der Waals surface area contributed by atoms with Crippen molar-refractivity contribution in [3.63, 3.8) is 0 Å². The van der Waals surface area contributed by atoms with Gasteiger partial charge in [0.05, 0.1) is 6.10 Å². The van der Waals surface area contributed by atoms with Crippen LogP contribution in [0.2, 0.25) is 0 Å². The van der Waals surface area contributed by atoms with Crippen molar-refractivity contribution in [3.05, 3.63) is 52.2 Å². The molecule has 0 bridgehead atoms. The van der Waals surface area contributed by atoms with Crippen LogP contribution in [-0.2, 0) is 10.2 Å². The maximum Gasteiger partial charge on any atom is 0.257 e. The van der Waals surface area contributed by atoms with E-state index in [1.54, 1.807) is 18.3 Å². The summed E-state index contributed by atoms with van der Waals surface area (Å²) < 4.78 is 5.51. The van der Waals surface area contributed by atoms with Crippen molar-refractivity contribution in [2.45, 2.75) is 44.1 Å². The molecule has 2 aromatic rings. The Morgan fingerprint density at radius 3 is 2.60 bits per heavy atom. The fourth-order valence-electron chi connectivity index (χ4n) is 3.41. The summed E-state index contributed by atoms with van der Waals surface area (Å²) in [6.45, 7) is 2.45. The molecule has 134 valence electrons. The minimum atomic E-state index is -0.439. The van der Waals surface area contributed by atoms with Crippen molar-refractivity contribution in [1.82, 2.24) is 5.32 Å².